The molecule has 0 heterocycles. The zero-order valence-electron chi connectivity index (χ0n) is 16.5. The number of ether oxygens (including phenoxy) is 1. The van der Waals surface area contributed by atoms with Gasteiger partial charge in [0.15, 0.2) is 0 Å². The highest BCUT2D eigenvalue weighted by molar-refractivity contribution is 14.1. The number of carbonyl (C=O) groups is 1. The second-order valence-corrected chi connectivity index (χ2v) is 7.78. The largest absolute Gasteiger partial charge is 0.496 e. The van der Waals surface area contributed by atoms with Gasteiger partial charge in [0.2, 0.25) is 0 Å². The molecule has 0 aliphatic carbocycles. The standard InChI is InChI=1S/C24H17F2IN2O2/c1-31-23-13-16(12-22(27)21(23)11-15-3-2-4-19(26)10-15)9-17(14-28)24(30)29-20-7-5-18(25)6-8-20/h2-10,12-13H,11H2,1H3,(H,29,30)/b17-9+. The van der Waals surface area contributed by atoms with Gasteiger partial charge in [0, 0.05) is 21.2 Å². The molecule has 31 heavy (non-hydrogen) atoms. The van der Waals surface area contributed by atoms with E-state index in [0.29, 0.717) is 23.4 Å². The fourth-order valence-electron chi connectivity index (χ4n) is 2.97. The van der Waals surface area contributed by atoms with Gasteiger partial charge in [-0.1, -0.05) is 12.1 Å². The highest BCUT2D eigenvalue weighted by Gasteiger charge is 2.14. The number of halogens is 3. The number of amides is 1. The van der Waals surface area contributed by atoms with Gasteiger partial charge in [0.05, 0.1) is 7.11 Å². The van der Waals surface area contributed by atoms with Crippen LogP contribution in [0.5, 0.6) is 5.75 Å². The molecule has 0 atom stereocenters. The first-order chi connectivity index (χ1) is 14.9. The van der Waals surface area contributed by atoms with Gasteiger partial charge < -0.3 is 10.1 Å². The number of carbonyl (C=O) groups excluding carboxylic acids is 1. The molecule has 0 aromatic heterocycles. The lowest BCUT2D eigenvalue weighted by atomic mass is 10.0. The molecule has 0 fully saturated rings. The zero-order chi connectivity index (χ0) is 22.4. The van der Waals surface area contributed by atoms with Crippen molar-refractivity contribution in [3.05, 3.63) is 98.1 Å². The minimum absolute atomic E-state index is 0.111. The van der Waals surface area contributed by atoms with Gasteiger partial charge in [-0.2, -0.15) is 5.26 Å². The lowest BCUT2D eigenvalue weighted by Gasteiger charge is -2.13. The van der Waals surface area contributed by atoms with Crippen molar-refractivity contribution >= 4 is 40.3 Å². The molecule has 1 amide bonds. The molecule has 0 radical (unpaired) electrons. The van der Waals surface area contributed by atoms with Crippen molar-refractivity contribution in [3.63, 3.8) is 0 Å². The van der Waals surface area contributed by atoms with Gasteiger partial charge in [-0.25, -0.2) is 8.78 Å². The van der Waals surface area contributed by atoms with Gasteiger partial charge in [0.1, 0.15) is 29.0 Å². The minimum atomic E-state index is -0.605. The van der Waals surface area contributed by atoms with E-state index < -0.39 is 11.7 Å². The minimum Gasteiger partial charge on any atom is -0.496 e. The van der Waals surface area contributed by atoms with Crippen LogP contribution in [-0.2, 0) is 11.2 Å². The summed E-state index contributed by atoms with van der Waals surface area (Å²) in [6.45, 7) is 0. The Bertz CT molecular complexity index is 1190. The molecule has 3 aromatic carbocycles. The van der Waals surface area contributed by atoms with Crippen LogP contribution in [0.25, 0.3) is 6.08 Å². The molecule has 0 spiro atoms. The number of hydrogen-bond acceptors (Lipinski definition) is 3. The van der Waals surface area contributed by atoms with E-state index in [4.69, 9.17) is 4.74 Å². The van der Waals surface area contributed by atoms with Gasteiger partial charge in [0.25, 0.3) is 5.91 Å². The number of rotatable bonds is 6. The molecule has 0 bridgehead atoms. The van der Waals surface area contributed by atoms with E-state index in [1.807, 2.05) is 18.2 Å². The van der Waals surface area contributed by atoms with Gasteiger partial charge in [-0.15, -0.1) is 0 Å². The smallest absolute Gasteiger partial charge is 0.266 e. The first-order valence-corrected chi connectivity index (χ1v) is 10.3. The Hall–Kier alpha value is -3.25. The third kappa shape index (κ3) is 5.89. The Morgan fingerprint density at radius 2 is 1.87 bits per heavy atom. The van der Waals surface area contributed by atoms with E-state index in [1.54, 1.807) is 12.1 Å². The van der Waals surface area contributed by atoms with E-state index in [9.17, 15) is 18.8 Å². The summed E-state index contributed by atoms with van der Waals surface area (Å²) in [6.07, 6.45) is 1.93. The average Bonchev–Trinajstić information content (AvgIpc) is 2.75. The van der Waals surface area contributed by atoms with Crippen LogP contribution >= 0.6 is 22.6 Å². The molecule has 3 aromatic rings. The summed E-state index contributed by atoms with van der Waals surface area (Å²) in [5.41, 5.74) is 2.55. The maximum atomic E-state index is 13.5. The van der Waals surface area contributed by atoms with Crippen LogP contribution in [0.2, 0.25) is 0 Å². The zero-order valence-corrected chi connectivity index (χ0v) is 18.6. The number of methoxy groups -OCH3 is 1. The van der Waals surface area contributed by atoms with Crippen molar-refractivity contribution in [2.24, 2.45) is 0 Å². The molecule has 0 aliphatic rings. The second-order valence-electron chi connectivity index (χ2n) is 6.62. The summed E-state index contributed by atoms with van der Waals surface area (Å²) in [5.74, 6) is -0.767. The van der Waals surface area contributed by atoms with Gasteiger partial charge in [-0.3, -0.25) is 4.79 Å². The number of nitriles is 1. The van der Waals surface area contributed by atoms with E-state index in [-0.39, 0.29) is 11.4 Å². The monoisotopic (exact) mass is 530 g/mol. The lowest BCUT2D eigenvalue weighted by molar-refractivity contribution is -0.112. The van der Waals surface area contributed by atoms with Crippen molar-refractivity contribution in [3.8, 4) is 11.8 Å². The summed E-state index contributed by atoms with van der Waals surface area (Å²) < 4.78 is 32.9. The summed E-state index contributed by atoms with van der Waals surface area (Å²) in [6, 6.07) is 17.0. The first-order valence-electron chi connectivity index (χ1n) is 9.19. The highest BCUT2D eigenvalue weighted by atomic mass is 127. The van der Waals surface area contributed by atoms with Crippen LogP contribution in [-0.4, -0.2) is 13.0 Å². The number of anilines is 1. The fraction of sp³-hybridized carbons (Fsp3) is 0.0833. The predicted molar refractivity (Wildman–Crippen MR) is 124 cm³/mol. The molecular weight excluding hydrogens is 513 g/mol. The summed E-state index contributed by atoms with van der Waals surface area (Å²) >= 11 is 2.15. The van der Waals surface area contributed by atoms with Crippen molar-refractivity contribution in [1.29, 1.82) is 5.26 Å². The Kier molecular flexibility index (Phi) is 7.36. The molecule has 0 unspecified atom stereocenters. The molecule has 4 nitrogen and oxygen atoms in total. The third-order valence-electron chi connectivity index (χ3n) is 4.44. The van der Waals surface area contributed by atoms with Crippen LogP contribution in [0.15, 0.2) is 66.2 Å². The van der Waals surface area contributed by atoms with Crippen LogP contribution in [0.1, 0.15) is 16.7 Å². The first kappa shape index (κ1) is 22.4. The number of nitrogens with zero attached hydrogens (tertiary/aromatic N) is 1. The molecule has 3 rings (SSSR count). The number of hydrogen-bond donors (Lipinski definition) is 1. The van der Waals surface area contributed by atoms with Crippen molar-refractivity contribution in [2.45, 2.75) is 6.42 Å². The SMILES string of the molecule is COc1cc(/C=C(\C#N)C(=O)Nc2ccc(F)cc2)cc(I)c1Cc1cccc(F)c1. The summed E-state index contributed by atoms with van der Waals surface area (Å²) in [7, 11) is 1.53. The normalized spacial score (nSPS) is 11.0. The summed E-state index contributed by atoms with van der Waals surface area (Å²) in [4.78, 5) is 12.4. The molecular formula is C24H17F2IN2O2. The predicted octanol–water partition coefficient (Wildman–Crippen LogP) is 5.71. The average molecular weight is 530 g/mol. The number of benzene rings is 3. The van der Waals surface area contributed by atoms with E-state index in [1.165, 1.54) is 49.6 Å². The Balaban J connectivity index is 1.88. The molecule has 7 heteroatoms. The van der Waals surface area contributed by atoms with Crippen molar-refractivity contribution < 1.29 is 18.3 Å². The van der Waals surface area contributed by atoms with E-state index in [0.717, 1.165) is 14.7 Å². The van der Waals surface area contributed by atoms with Gasteiger partial charge >= 0.3 is 0 Å². The maximum Gasteiger partial charge on any atom is 0.266 e. The maximum absolute atomic E-state index is 13.5. The Morgan fingerprint density at radius 1 is 1.13 bits per heavy atom. The molecule has 0 saturated carbocycles. The molecule has 0 saturated heterocycles. The fourth-order valence-corrected chi connectivity index (χ4v) is 3.78. The van der Waals surface area contributed by atoms with E-state index in [2.05, 4.69) is 27.9 Å². The van der Waals surface area contributed by atoms with Crippen molar-refractivity contribution in [1.82, 2.24) is 0 Å². The molecule has 1 N–H and O–H groups in total. The number of nitrogens with one attached hydrogen (secondary N) is 1. The summed E-state index contributed by atoms with van der Waals surface area (Å²) in [5, 5.41) is 12.0. The van der Waals surface area contributed by atoms with Crippen LogP contribution in [0.3, 0.4) is 0 Å². The van der Waals surface area contributed by atoms with E-state index >= 15 is 0 Å². The highest BCUT2D eigenvalue weighted by Crippen LogP contribution is 2.30. The van der Waals surface area contributed by atoms with Crippen molar-refractivity contribution in [2.75, 3.05) is 12.4 Å². The van der Waals surface area contributed by atoms with Crippen LogP contribution in [0.4, 0.5) is 14.5 Å². The van der Waals surface area contributed by atoms with Crippen LogP contribution in [0, 0.1) is 26.5 Å². The topological polar surface area (TPSA) is 62.1 Å². The molecule has 156 valence electrons. The molecule has 0 aliphatic heterocycles. The second kappa shape index (κ2) is 10.2. The third-order valence-corrected chi connectivity index (χ3v) is 5.41. The Morgan fingerprint density at radius 3 is 2.52 bits per heavy atom. The Labute approximate surface area is 192 Å². The van der Waals surface area contributed by atoms with Crippen LogP contribution < -0.4 is 10.1 Å². The lowest BCUT2D eigenvalue weighted by Crippen LogP contribution is -2.13. The van der Waals surface area contributed by atoms with Gasteiger partial charge in [-0.05, 0) is 88.3 Å². The quantitative estimate of drug-likeness (QED) is 0.252.